The smallest absolute Gasteiger partial charge is 0.192 e. The third-order valence-electron chi connectivity index (χ3n) is 3.69. The first-order valence-corrected chi connectivity index (χ1v) is 6.62. The van der Waals surface area contributed by atoms with Gasteiger partial charge in [-0.05, 0) is 37.9 Å². The standard InChI is InChI=1S/C14H19N3O/c1-10-16-13-5-4-12(9-14(13)18-10)17-8-2-3-11(17)6-7-15/h4-5,9,11H,2-3,6-8,15H2,1H3. The van der Waals surface area contributed by atoms with Crippen molar-refractivity contribution in [3.05, 3.63) is 24.1 Å². The van der Waals surface area contributed by atoms with Crippen molar-refractivity contribution < 1.29 is 4.42 Å². The van der Waals surface area contributed by atoms with Crippen molar-refractivity contribution in [1.29, 1.82) is 0 Å². The summed E-state index contributed by atoms with van der Waals surface area (Å²) < 4.78 is 5.60. The van der Waals surface area contributed by atoms with E-state index in [0.29, 0.717) is 6.04 Å². The number of nitrogens with zero attached hydrogens (tertiary/aromatic N) is 2. The molecule has 2 N–H and O–H groups in total. The number of aryl methyl sites for hydroxylation is 1. The van der Waals surface area contributed by atoms with Crippen LogP contribution in [0, 0.1) is 6.92 Å². The molecule has 3 rings (SSSR count). The Morgan fingerprint density at radius 3 is 3.22 bits per heavy atom. The molecule has 4 heteroatoms. The van der Waals surface area contributed by atoms with Crippen LogP contribution in [0.3, 0.4) is 0 Å². The zero-order chi connectivity index (χ0) is 12.5. The number of fused-ring (bicyclic) bond motifs is 1. The number of anilines is 1. The van der Waals surface area contributed by atoms with Gasteiger partial charge in [-0.2, -0.15) is 0 Å². The molecule has 1 saturated heterocycles. The highest BCUT2D eigenvalue weighted by molar-refractivity contribution is 5.77. The monoisotopic (exact) mass is 245 g/mol. The van der Waals surface area contributed by atoms with Crippen LogP contribution >= 0.6 is 0 Å². The van der Waals surface area contributed by atoms with Gasteiger partial charge in [0.05, 0.1) is 0 Å². The Balaban J connectivity index is 1.93. The molecule has 1 aromatic carbocycles. The summed E-state index contributed by atoms with van der Waals surface area (Å²) in [6.07, 6.45) is 3.55. The molecule has 96 valence electrons. The van der Waals surface area contributed by atoms with E-state index >= 15 is 0 Å². The van der Waals surface area contributed by atoms with Crippen LogP contribution < -0.4 is 10.6 Å². The maximum absolute atomic E-state index is 5.69. The average Bonchev–Trinajstić information content (AvgIpc) is 2.93. The zero-order valence-electron chi connectivity index (χ0n) is 10.7. The fourth-order valence-corrected chi connectivity index (χ4v) is 2.88. The van der Waals surface area contributed by atoms with E-state index in [1.807, 2.05) is 13.0 Å². The van der Waals surface area contributed by atoms with Gasteiger partial charge in [0.1, 0.15) is 5.52 Å². The van der Waals surface area contributed by atoms with Crippen LogP contribution in [0.25, 0.3) is 11.1 Å². The lowest BCUT2D eigenvalue weighted by Gasteiger charge is -2.26. The summed E-state index contributed by atoms with van der Waals surface area (Å²) in [6, 6.07) is 6.86. The molecule has 0 spiro atoms. The molecule has 1 aliphatic rings. The molecule has 0 aliphatic carbocycles. The number of benzene rings is 1. The van der Waals surface area contributed by atoms with E-state index < -0.39 is 0 Å². The van der Waals surface area contributed by atoms with Crippen LogP contribution in [0.1, 0.15) is 25.2 Å². The number of oxazole rings is 1. The van der Waals surface area contributed by atoms with Gasteiger partial charge in [-0.3, -0.25) is 0 Å². The molecule has 18 heavy (non-hydrogen) atoms. The SMILES string of the molecule is Cc1nc2ccc(N3CCCC3CCN)cc2o1. The minimum absolute atomic E-state index is 0.580. The van der Waals surface area contributed by atoms with Crippen molar-refractivity contribution in [3.63, 3.8) is 0 Å². The topological polar surface area (TPSA) is 55.3 Å². The van der Waals surface area contributed by atoms with E-state index in [1.54, 1.807) is 0 Å². The molecular weight excluding hydrogens is 226 g/mol. The average molecular weight is 245 g/mol. The van der Waals surface area contributed by atoms with Crippen LogP contribution in [0.4, 0.5) is 5.69 Å². The Labute approximate surface area is 107 Å². The van der Waals surface area contributed by atoms with Gasteiger partial charge in [-0.25, -0.2) is 4.98 Å². The second-order valence-corrected chi connectivity index (χ2v) is 4.95. The zero-order valence-corrected chi connectivity index (χ0v) is 10.7. The molecular formula is C14H19N3O. The Bertz CT molecular complexity index is 549. The molecule has 1 atom stereocenters. The van der Waals surface area contributed by atoms with E-state index in [-0.39, 0.29) is 0 Å². The third-order valence-corrected chi connectivity index (χ3v) is 3.69. The summed E-state index contributed by atoms with van der Waals surface area (Å²) in [7, 11) is 0. The molecule has 1 aliphatic heterocycles. The first kappa shape index (κ1) is 11.5. The van der Waals surface area contributed by atoms with Crippen LogP contribution in [-0.4, -0.2) is 24.1 Å². The van der Waals surface area contributed by atoms with Crippen LogP contribution in [0.5, 0.6) is 0 Å². The van der Waals surface area contributed by atoms with Crippen LogP contribution in [0.2, 0.25) is 0 Å². The molecule has 1 fully saturated rings. The molecule has 0 bridgehead atoms. The van der Waals surface area contributed by atoms with E-state index in [9.17, 15) is 0 Å². The van der Waals surface area contributed by atoms with Gasteiger partial charge >= 0.3 is 0 Å². The Morgan fingerprint density at radius 1 is 1.50 bits per heavy atom. The van der Waals surface area contributed by atoms with Crippen molar-refractivity contribution in [1.82, 2.24) is 4.98 Å². The minimum Gasteiger partial charge on any atom is -0.441 e. The van der Waals surface area contributed by atoms with E-state index in [1.165, 1.54) is 18.5 Å². The summed E-state index contributed by atoms with van der Waals surface area (Å²) >= 11 is 0. The van der Waals surface area contributed by atoms with Gasteiger partial charge in [-0.15, -0.1) is 0 Å². The van der Waals surface area contributed by atoms with Crippen molar-refractivity contribution in [2.24, 2.45) is 5.73 Å². The summed E-state index contributed by atoms with van der Waals surface area (Å²) in [5.41, 5.74) is 8.73. The fraction of sp³-hybridized carbons (Fsp3) is 0.500. The van der Waals surface area contributed by atoms with Crippen LogP contribution in [0.15, 0.2) is 22.6 Å². The summed E-state index contributed by atoms with van der Waals surface area (Å²) in [4.78, 5) is 6.78. The second kappa shape index (κ2) is 4.61. The second-order valence-electron chi connectivity index (χ2n) is 4.95. The summed E-state index contributed by atoms with van der Waals surface area (Å²) in [5, 5.41) is 0. The maximum Gasteiger partial charge on any atom is 0.192 e. The van der Waals surface area contributed by atoms with Gasteiger partial charge in [-0.1, -0.05) is 0 Å². The highest BCUT2D eigenvalue weighted by Crippen LogP contribution is 2.29. The maximum atomic E-state index is 5.69. The molecule has 1 aromatic heterocycles. The van der Waals surface area contributed by atoms with Crippen molar-refractivity contribution in [2.45, 2.75) is 32.2 Å². The van der Waals surface area contributed by atoms with Gasteiger partial charge < -0.3 is 15.1 Å². The minimum atomic E-state index is 0.580. The largest absolute Gasteiger partial charge is 0.441 e. The number of hydrogen-bond donors (Lipinski definition) is 1. The van der Waals surface area contributed by atoms with Crippen LogP contribution in [-0.2, 0) is 0 Å². The number of rotatable bonds is 3. The lowest BCUT2D eigenvalue weighted by Crippen LogP contribution is -2.30. The van der Waals surface area contributed by atoms with E-state index in [4.69, 9.17) is 10.2 Å². The fourth-order valence-electron chi connectivity index (χ4n) is 2.88. The molecule has 2 aromatic rings. The lowest BCUT2D eigenvalue weighted by molar-refractivity contribution is 0.560. The summed E-state index contributed by atoms with van der Waals surface area (Å²) in [6.45, 7) is 3.75. The van der Waals surface area contributed by atoms with Gasteiger partial charge in [0, 0.05) is 31.3 Å². The first-order valence-electron chi connectivity index (χ1n) is 6.62. The lowest BCUT2D eigenvalue weighted by atomic mass is 10.1. The Hall–Kier alpha value is -1.55. The number of hydrogen-bond acceptors (Lipinski definition) is 4. The molecule has 1 unspecified atom stereocenters. The predicted molar refractivity (Wildman–Crippen MR) is 72.8 cm³/mol. The molecule has 4 nitrogen and oxygen atoms in total. The van der Waals surface area contributed by atoms with Crippen molar-refractivity contribution in [2.75, 3.05) is 18.0 Å². The highest BCUT2D eigenvalue weighted by atomic mass is 16.3. The van der Waals surface area contributed by atoms with Crippen molar-refractivity contribution >= 4 is 16.8 Å². The molecule has 0 saturated carbocycles. The first-order chi connectivity index (χ1) is 8.78. The molecule has 0 radical (unpaired) electrons. The van der Waals surface area contributed by atoms with Gasteiger partial charge in [0.25, 0.3) is 0 Å². The highest BCUT2D eigenvalue weighted by Gasteiger charge is 2.24. The van der Waals surface area contributed by atoms with Gasteiger partial charge in [0.2, 0.25) is 0 Å². The number of nitrogens with two attached hydrogens (primary N) is 1. The van der Waals surface area contributed by atoms with Crippen molar-refractivity contribution in [3.8, 4) is 0 Å². The molecule has 0 amide bonds. The van der Waals surface area contributed by atoms with E-state index in [0.717, 1.165) is 36.5 Å². The van der Waals surface area contributed by atoms with Gasteiger partial charge in [0.15, 0.2) is 11.5 Å². The third kappa shape index (κ3) is 1.97. The molecule has 2 heterocycles. The van der Waals surface area contributed by atoms with E-state index in [2.05, 4.69) is 22.0 Å². The number of aromatic nitrogens is 1. The normalized spacial score (nSPS) is 19.9. The Morgan fingerprint density at radius 2 is 2.39 bits per heavy atom. The quantitative estimate of drug-likeness (QED) is 0.902. The summed E-state index contributed by atoms with van der Waals surface area (Å²) in [5.74, 6) is 0.724. The Kier molecular flexibility index (Phi) is 2.96. The predicted octanol–water partition coefficient (Wildman–Crippen LogP) is 2.45.